The Balaban J connectivity index is 2.06. The van der Waals surface area contributed by atoms with E-state index < -0.39 is 0 Å². The third kappa shape index (κ3) is 2.39. The van der Waals surface area contributed by atoms with Crippen LogP contribution < -0.4 is 0 Å². The van der Waals surface area contributed by atoms with Gasteiger partial charge in [0, 0.05) is 29.4 Å². The summed E-state index contributed by atoms with van der Waals surface area (Å²) in [7, 11) is 0. The van der Waals surface area contributed by atoms with Crippen LogP contribution in [-0.4, -0.2) is 9.97 Å². The minimum absolute atomic E-state index is 0.324. The van der Waals surface area contributed by atoms with E-state index in [9.17, 15) is 0 Å². The molecule has 0 aliphatic rings. The lowest BCUT2D eigenvalue weighted by molar-refractivity contribution is 0.917. The van der Waals surface area contributed by atoms with E-state index in [4.69, 9.17) is 0 Å². The number of thiazole rings is 1. The maximum Gasteiger partial charge on any atom is 0.0794 e. The van der Waals surface area contributed by atoms with Gasteiger partial charge in [-0.2, -0.15) is 0 Å². The molecule has 0 saturated heterocycles. The van der Waals surface area contributed by atoms with Crippen molar-refractivity contribution in [1.29, 1.82) is 0 Å². The van der Waals surface area contributed by atoms with E-state index in [0.717, 1.165) is 12.1 Å². The molecule has 0 aromatic carbocycles. The smallest absolute Gasteiger partial charge is 0.0794 e. The van der Waals surface area contributed by atoms with Crippen molar-refractivity contribution in [1.82, 2.24) is 9.97 Å². The van der Waals surface area contributed by atoms with E-state index in [0.29, 0.717) is 4.83 Å². The molecule has 1 atom stereocenters. The molecule has 0 radical (unpaired) electrons. The molecule has 2 rings (SSSR count). The molecule has 2 nitrogen and oxygen atoms in total. The molecule has 0 fully saturated rings. The van der Waals surface area contributed by atoms with Crippen LogP contribution in [-0.2, 0) is 6.42 Å². The summed E-state index contributed by atoms with van der Waals surface area (Å²) in [6, 6.07) is 5.98. The number of nitrogens with zero attached hydrogens (tertiary/aromatic N) is 2. The zero-order valence-electron chi connectivity index (χ0n) is 7.43. The lowest BCUT2D eigenvalue weighted by Gasteiger charge is -2.05. The molecule has 0 spiro atoms. The van der Waals surface area contributed by atoms with Gasteiger partial charge in [-0.1, -0.05) is 22.0 Å². The normalized spacial score (nSPS) is 12.6. The standard InChI is InChI=1S/C10H9BrN2S/c11-9(10-6-12-7-14-10)5-8-3-1-2-4-13-8/h1-4,6-7,9H,5H2. The molecule has 2 aromatic rings. The quantitative estimate of drug-likeness (QED) is 0.799. The number of rotatable bonds is 3. The second-order valence-corrected chi connectivity index (χ2v) is 4.92. The monoisotopic (exact) mass is 268 g/mol. The Kier molecular flexibility index (Phi) is 3.26. The fourth-order valence-electron chi connectivity index (χ4n) is 1.18. The van der Waals surface area contributed by atoms with Crippen LogP contribution in [0.4, 0.5) is 0 Å². The average Bonchev–Trinajstić information content (AvgIpc) is 2.72. The summed E-state index contributed by atoms with van der Waals surface area (Å²) in [5, 5.41) is 0. The third-order valence-corrected chi connectivity index (χ3v) is 3.88. The van der Waals surface area contributed by atoms with Gasteiger partial charge < -0.3 is 0 Å². The zero-order valence-corrected chi connectivity index (χ0v) is 9.83. The van der Waals surface area contributed by atoms with Gasteiger partial charge in [0.2, 0.25) is 0 Å². The Morgan fingerprint density at radius 1 is 1.43 bits per heavy atom. The first-order chi connectivity index (χ1) is 6.86. The van der Waals surface area contributed by atoms with Gasteiger partial charge in [-0.15, -0.1) is 11.3 Å². The molecule has 72 valence electrons. The molecule has 0 N–H and O–H groups in total. The fourth-order valence-corrected chi connectivity index (χ4v) is 2.55. The molecule has 0 saturated carbocycles. The van der Waals surface area contributed by atoms with Gasteiger partial charge in [-0.25, -0.2) is 0 Å². The van der Waals surface area contributed by atoms with Gasteiger partial charge in [0.1, 0.15) is 0 Å². The number of halogens is 1. The second-order valence-electron chi connectivity index (χ2n) is 2.90. The van der Waals surface area contributed by atoms with Crippen LogP contribution in [0.1, 0.15) is 15.4 Å². The first kappa shape index (κ1) is 9.80. The summed E-state index contributed by atoms with van der Waals surface area (Å²) in [5.41, 5.74) is 2.95. The van der Waals surface area contributed by atoms with Crippen LogP contribution in [0, 0.1) is 0 Å². The zero-order chi connectivity index (χ0) is 9.80. The summed E-state index contributed by atoms with van der Waals surface area (Å²) in [6.45, 7) is 0. The topological polar surface area (TPSA) is 25.8 Å². The molecule has 0 amide bonds. The number of alkyl halides is 1. The van der Waals surface area contributed by atoms with Gasteiger partial charge in [0.15, 0.2) is 0 Å². The second kappa shape index (κ2) is 4.66. The highest BCUT2D eigenvalue weighted by molar-refractivity contribution is 9.09. The van der Waals surface area contributed by atoms with E-state index >= 15 is 0 Å². The average molecular weight is 269 g/mol. The predicted molar refractivity (Wildman–Crippen MR) is 61.7 cm³/mol. The van der Waals surface area contributed by atoms with Crippen LogP contribution in [0.2, 0.25) is 0 Å². The Hall–Kier alpha value is -0.740. The molecule has 2 heterocycles. The number of hydrogen-bond donors (Lipinski definition) is 0. The van der Waals surface area contributed by atoms with Gasteiger partial charge in [-0.05, 0) is 12.1 Å². The minimum Gasteiger partial charge on any atom is -0.261 e. The van der Waals surface area contributed by atoms with Gasteiger partial charge in [0.05, 0.1) is 10.3 Å². The van der Waals surface area contributed by atoms with Crippen molar-refractivity contribution < 1.29 is 0 Å². The molecule has 2 aromatic heterocycles. The molecular formula is C10H9BrN2S. The summed E-state index contributed by atoms with van der Waals surface area (Å²) < 4.78 is 0. The Bertz CT molecular complexity index is 374. The van der Waals surface area contributed by atoms with E-state index in [2.05, 4.69) is 25.9 Å². The van der Waals surface area contributed by atoms with Crippen molar-refractivity contribution >= 4 is 27.3 Å². The summed E-state index contributed by atoms with van der Waals surface area (Å²) in [4.78, 5) is 9.91. The Labute approximate surface area is 95.2 Å². The highest BCUT2D eigenvalue weighted by Gasteiger charge is 2.10. The third-order valence-electron chi connectivity index (χ3n) is 1.87. The summed E-state index contributed by atoms with van der Waals surface area (Å²) in [5.74, 6) is 0. The maximum absolute atomic E-state index is 4.28. The first-order valence-electron chi connectivity index (χ1n) is 4.28. The van der Waals surface area contributed by atoms with Crippen LogP contribution >= 0.6 is 27.3 Å². The lowest BCUT2D eigenvalue weighted by Crippen LogP contribution is -1.94. The van der Waals surface area contributed by atoms with Crippen molar-refractivity contribution in [3.63, 3.8) is 0 Å². The van der Waals surface area contributed by atoms with Crippen LogP contribution in [0.25, 0.3) is 0 Å². The minimum atomic E-state index is 0.324. The highest BCUT2D eigenvalue weighted by atomic mass is 79.9. The molecule has 0 bridgehead atoms. The molecule has 1 unspecified atom stereocenters. The van der Waals surface area contributed by atoms with E-state index in [1.54, 1.807) is 11.3 Å². The fraction of sp³-hybridized carbons (Fsp3) is 0.200. The lowest BCUT2D eigenvalue weighted by atomic mass is 10.2. The Morgan fingerprint density at radius 3 is 3.00 bits per heavy atom. The van der Waals surface area contributed by atoms with Crippen molar-refractivity contribution in [3.8, 4) is 0 Å². The molecular weight excluding hydrogens is 260 g/mol. The van der Waals surface area contributed by atoms with Crippen LogP contribution in [0.5, 0.6) is 0 Å². The van der Waals surface area contributed by atoms with Crippen LogP contribution in [0.3, 0.4) is 0 Å². The maximum atomic E-state index is 4.28. The number of pyridine rings is 1. The highest BCUT2D eigenvalue weighted by Crippen LogP contribution is 2.28. The largest absolute Gasteiger partial charge is 0.261 e. The van der Waals surface area contributed by atoms with Gasteiger partial charge in [0.25, 0.3) is 0 Å². The number of aromatic nitrogens is 2. The summed E-state index contributed by atoms with van der Waals surface area (Å²) in [6.07, 6.45) is 4.62. The molecule has 14 heavy (non-hydrogen) atoms. The van der Waals surface area contributed by atoms with Crippen LogP contribution in [0.15, 0.2) is 36.1 Å². The van der Waals surface area contributed by atoms with Crippen molar-refractivity contribution in [2.24, 2.45) is 0 Å². The first-order valence-corrected chi connectivity index (χ1v) is 6.08. The van der Waals surface area contributed by atoms with Crippen molar-refractivity contribution in [3.05, 3.63) is 46.7 Å². The van der Waals surface area contributed by atoms with E-state index in [1.165, 1.54) is 4.88 Å². The van der Waals surface area contributed by atoms with Crippen molar-refractivity contribution in [2.45, 2.75) is 11.2 Å². The Morgan fingerprint density at radius 2 is 2.36 bits per heavy atom. The van der Waals surface area contributed by atoms with Gasteiger partial charge in [-0.3, -0.25) is 9.97 Å². The SMILES string of the molecule is BrC(Cc1ccccn1)c1cncs1. The van der Waals surface area contributed by atoms with E-state index in [-0.39, 0.29) is 0 Å². The predicted octanol–water partition coefficient (Wildman–Crippen LogP) is 3.22. The van der Waals surface area contributed by atoms with Gasteiger partial charge >= 0.3 is 0 Å². The summed E-state index contributed by atoms with van der Waals surface area (Å²) >= 11 is 5.30. The van der Waals surface area contributed by atoms with Crippen molar-refractivity contribution in [2.75, 3.05) is 0 Å². The molecule has 4 heteroatoms. The molecule has 0 aliphatic carbocycles. The number of hydrogen-bond acceptors (Lipinski definition) is 3. The molecule has 0 aliphatic heterocycles. The van der Waals surface area contributed by atoms with E-state index in [1.807, 2.05) is 36.1 Å².